The van der Waals surface area contributed by atoms with Crippen molar-refractivity contribution in [3.05, 3.63) is 167 Å². The Hall–Kier alpha value is -5.57. The maximum atomic E-state index is 12.4. The average molecular weight is 1030 g/mol. The number of nitrogens with zero attached hydrogens (tertiary/aromatic N) is 3. The van der Waals surface area contributed by atoms with Crippen LogP contribution in [0.1, 0.15) is 115 Å². The van der Waals surface area contributed by atoms with Gasteiger partial charge in [0, 0.05) is 48.3 Å². The Morgan fingerprint density at radius 1 is 0.547 bits per heavy atom. The number of aromatic hydroxyl groups is 1. The van der Waals surface area contributed by atoms with E-state index in [0.29, 0.717) is 28.2 Å². The predicted octanol–water partition coefficient (Wildman–Crippen LogP) is 15.8. The van der Waals surface area contributed by atoms with Gasteiger partial charge in [-0.2, -0.15) is 0 Å². The number of pyridine rings is 1. The Kier molecular flexibility index (Phi) is 11.3. The van der Waals surface area contributed by atoms with Crippen molar-refractivity contribution in [3.63, 3.8) is 0 Å². The molecule has 0 amide bonds. The molecule has 0 saturated carbocycles. The van der Waals surface area contributed by atoms with Crippen LogP contribution in [0, 0.1) is 12.9 Å². The Bertz CT molecular complexity index is 3100. The second-order valence-corrected chi connectivity index (χ2v) is 21.2. The van der Waals surface area contributed by atoms with E-state index in [-0.39, 0.29) is 48.6 Å². The summed E-state index contributed by atoms with van der Waals surface area (Å²) >= 11 is 0. The normalized spacial score (nSPS) is 13.3. The van der Waals surface area contributed by atoms with Gasteiger partial charge in [-0.25, -0.2) is 4.98 Å². The first kappa shape index (κ1) is 42.4. The SMILES string of the molecule is [2H]C([2H])([2H])c1cc(-n2c(-c3cc(C(C)(C)C)cc(C(C)(C)C)c3O)nc3c(-c4[c-]c(-c5cc(-c6ccc(C(C)(C)C)cc6)ccn5)cc(C(C)(C)C)c4)cccc32)ccc1-c1ccccc1.[Pt]. The van der Waals surface area contributed by atoms with Crippen LogP contribution in [0.4, 0.5) is 0 Å². The maximum absolute atomic E-state index is 12.4. The van der Waals surface area contributed by atoms with Crippen molar-refractivity contribution < 1.29 is 30.3 Å². The van der Waals surface area contributed by atoms with Crippen molar-refractivity contribution in [2.24, 2.45) is 0 Å². The summed E-state index contributed by atoms with van der Waals surface area (Å²) in [5, 5.41) is 12.4. The summed E-state index contributed by atoms with van der Waals surface area (Å²) in [4.78, 5) is 10.4. The van der Waals surface area contributed by atoms with Crippen molar-refractivity contribution in [1.29, 1.82) is 0 Å². The minimum atomic E-state index is -2.42. The molecule has 2 heterocycles. The summed E-state index contributed by atoms with van der Waals surface area (Å²) in [6.45, 7) is 23.7. The van der Waals surface area contributed by atoms with Crippen LogP contribution in [0.15, 0.2) is 134 Å². The fourth-order valence-corrected chi connectivity index (χ4v) is 8.32. The number of hydrogen-bond acceptors (Lipinski definition) is 3. The first-order valence-corrected chi connectivity index (χ1v) is 22.0. The zero-order valence-corrected chi connectivity index (χ0v) is 41.6. The third kappa shape index (κ3) is 9.18. The molecule has 0 aliphatic rings. The zero-order chi connectivity index (χ0) is 47.7. The third-order valence-electron chi connectivity index (χ3n) is 12.2. The molecule has 0 saturated heterocycles. The summed E-state index contributed by atoms with van der Waals surface area (Å²) in [5.74, 6) is 0.655. The van der Waals surface area contributed by atoms with Gasteiger partial charge in [-0.3, -0.25) is 9.55 Å². The molecule has 0 aliphatic heterocycles. The van der Waals surface area contributed by atoms with Crippen LogP contribution in [0.5, 0.6) is 5.75 Å². The standard InChI is InChI=1S/C59H62N3O.Pt/c1-37-30-46(26-27-47(37)39-18-15-14-16-19-39)62-52-21-17-20-48(53(52)61-55(62)49-35-45(58(8,9)10)36-50(54(49)63)59(11,12)13)41-31-42(33-44(32-41)57(5,6)7)51-34-40(28-29-60-51)38-22-24-43(25-23-38)56(2,3)4;/h14-30,32-36,63H,1-13H3;/q-1;/i1D3;. The maximum Gasteiger partial charge on any atom is 0.148 e. The van der Waals surface area contributed by atoms with Crippen LogP contribution in [-0.4, -0.2) is 19.6 Å². The average Bonchev–Trinajstić information content (AvgIpc) is 3.64. The van der Waals surface area contributed by atoms with Crippen LogP contribution in [0.25, 0.3) is 72.7 Å². The van der Waals surface area contributed by atoms with E-state index in [1.54, 1.807) is 6.07 Å². The fraction of sp³-hybridized carbons (Fsp3) is 0.288. The van der Waals surface area contributed by atoms with Gasteiger partial charge < -0.3 is 5.11 Å². The second-order valence-electron chi connectivity index (χ2n) is 21.2. The van der Waals surface area contributed by atoms with Gasteiger partial charge in [-0.05, 0) is 97.8 Å². The van der Waals surface area contributed by atoms with E-state index in [9.17, 15) is 5.11 Å². The minimum Gasteiger partial charge on any atom is -0.507 e. The van der Waals surface area contributed by atoms with E-state index in [0.717, 1.165) is 61.3 Å². The van der Waals surface area contributed by atoms with Gasteiger partial charge in [-0.15, -0.1) is 29.3 Å². The topological polar surface area (TPSA) is 50.9 Å². The summed E-state index contributed by atoms with van der Waals surface area (Å²) in [7, 11) is 0. The quantitative estimate of drug-likeness (QED) is 0.169. The van der Waals surface area contributed by atoms with E-state index < -0.39 is 12.3 Å². The molecule has 0 bridgehead atoms. The van der Waals surface area contributed by atoms with Crippen LogP contribution >= 0.6 is 0 Å². The van der Waals surface area contributed by atoms with Crippen LogP contribution < -0.4 is 0 Å². The molecule has 330 valence electrons. The Balaban J connectivity index is 0.00000666. The Morgan fingerprint density at radius 2 is 1.20 bits per heavy atom. The molecular weight excluding hydrogens is 962 g/mol. The van der Waals surface area contributed by atoms with Crippen molar-refractivity contribution in [1.82, 2.24) is 14.5 Å². The number of phenolic OH excluding ortho intramolecular Hbond substituents is 1. The summed E-state index contributed by atoms with van der Waals surface area (Å²) in [5.41, 5.74) is 13.4. The number of phenols is 1. The number of rotatable bonds is 6. The third-order valence-corrected chi connectivity index (χ3v) is 12.2. The number of aromatic nitrogens is 3. The van der Waals surface area contributed by atoms with Crippen molar-refractivity contribution in [2.45, 2.75) is 112 Å². The summed E-state index contributed by atoms with van der Waals surface area (Å²) < 4.78 is 28.3. The van der Waals surface area contributed by atoms with Gasteiger partial charge in [0.05, 0.1) is 16.6 Å². The predicted molar refractivity (Wildman–Crippen MR) is 266 cm³/mol. The van der Waals surface area contributed by atoms with E-state index in [1.807, 2.05) is 71.4 Å². The molecule has 0 fully saturated rings. The first-order chi connectivity index (χ1) is 30.8. The molecule has 0 aliphatic carbocycles. The van der Waals surface area contributed by atoms with Crippen LogP contribution in [0.2, 0.25) is 0 Å². The van der Waals surface area contributed by atoms with Gasteiger partial charge in [0.15, 0.2) is 0 Å². The molecule has 8 rings (SSSR count). The van der Waals surface area contributed by atoms with Crippen molar-refractivity contribution in [2.75, 3.05) is 0 Å². The molecule has 64 heavy (non-hydrogen) atoms. The second kappa shape index (κ2) is 17.1. The molecule has 4 nitrogen and oxygen atoms in total. The summed E-state index contributed by atoms with van der Waals surface area (Å²) in [6.07, 6.45) is 1.87. The van der Waals surface area contributed by atoms with Crippen molar-refractivity contribution >= 4 is 11.0 Å². The van der Waals surface area contributed by atoms with E-state index in [2.05, 4.69) is 150 Å². The van der Waals surface area contributed by atoms with Crippen LogP contribution in [0.3, 0.4) is 0 Å². The molecular formula is C59H62N3OPt-. The monoisotopic (exact) mass is 1030 g/mol. The van der Waals surface area contributed by atoms with Gasteiger partial charge in [-0.1, -0.05) is 179 Å². The number of imidazole rings is 1. The molecule has 0 atom stereocenters. The molecule has 0 radical (unpaired) electrons. The minimum absolute atomic E-state index is 0. The van der Waals surface area contributed by atoms with Crippen molar-refractivity contribution in [3.8, 4) is 67.5 Å². The van der Waals surface area contributed by atoms with Gasteiger partial charge in [0.25, 0.3) is 0 Å². The Labute approximate surface area is 400 Å². The van der Waals surface area contributed by atoms with E-state index >= 15 is 0 Å². The molecule has 6 aromatic carbocycles. The number of fused-ring (bicyclic) bond motifs is 1. The Morgan fingerprint density at radius 3 is 1.84 bits per heavy atom. The number of hydrogen-bond donors (Lipinski definition) is 1. The largest absolute Gasteiger partial charge is 0.507 e. The van der Waals surface area contributed by atoms with Gasteiger partial charge in [0.1, 0.15) is 11.6 Å². The van der Waals surface area contributed by atoms with Crippen LogP contribution in [-0.2, 0) is 42.7 Å². The zero-order valence-electron chi connectivity index (χ0n) is 42.3. The van der Waals surface area contributed by atoms with E-state index in [1.165, 1.54) is 5.56 Å². The summed E-state index contributed by atoms with van der Waals surface area (Å²) in [6, 6.07) is 46.7. The van der Waals surface area contributed by atoms with Gasteiger partial charge in [0.2, 0.25) is 0 Å². The molecule has 2 aromatic heterocycles. The number of aryl methyl sites for hydroxylation is 1. The smallest absolute Gasteiger partial charge is 0.148 e. The molecule has 8 aromatic rings. The first-order valence-electron chi connectivity index (χ1n) is 23.5. The number of benzene rings is 6. The molecule has 0 spiro atoms. The van der Waals surface area contributed by atoms with E-state index in [4.69, 9.17) is 14.1 Å². The molecule has 0 unspecified atom stereocenters. The molecule has 5 heteroatoms. The molecule has 1 N–H and O–H groups in total. The number of para-hydroxylation sites is 1. The fourth-order valence-electron chi connectivity index (χ4n) is 8.32. The van der Waals surface area contributed by atoms with Gasteiger partial charge >= 0.3 is 0 Å².